The van der Waals surface area contributed by atoms with E-state index in [1.54, 1.807) is 0 Å². The molecule has 1 N–H and O–H groups in total. The first-order chi connectivity index (χ1) is 8.87. The number of hydrogen-bond acceptors (Lipinski definition) is 3. The zero-order valence-electron chi connectivity index (χ0n) is 12.5. The van der Waals surface area contributed by atoms with Crippen molar-refractivity contribution >= 4 is 11.9 Å². The van der Waals surface area contributed by atoms with Crippen molar-refractivity contribution < 1.29 is 14.3 Å². The van der Waals surface area contributed by atoms with Crippen LogP contribution in [-0.2, 0) is 14.3 Å². The summed E-state index contributed by atoms with van der Waals surface area (Å²) in [5.74, 6) is 0.274. The van der Waals surface area contributed by atoms with Crippen molar-refractivity contribution in [2.75, 3.05) is 6.54 Å². The fourth-order valence-electron chi connectivity index (χ4n) is 2.35. The number of carbonyl (C=O) groups is 2. The van der Waals surface area contributed by atoms with Crippen molar-refractivity contribution in [1.29, 1.82) is 0 Å². The molecular weight excluding hydrogens is 242 g/mol. The molecule has 0 radical (unpaired) electrons. The SMILES string of the molecule is CC(C)(C)OC(=O)CCC(=O)NCC1CCCCC1. The largest absolute Gasteiger partial charge is 0.460 e. The Morgan fingerprint density at radius 2 is 1.74 bits per heavy atom. The average molecular weight is 269 g/mol. The van der Waals surface area contributed by atoms with E-state index in [0.29, 0.717) is 5.92 Å². The Balaban J connectivity index is 2.12. The number of carbonyl (C=O) groups excluding carboxylic acids is 2. The minimum atomic E-state index is -0.477. The highest BCUT2D eigenvalue weighted by atomic mass is 16.6. The Morgan fingerprint density at radius 3 is 2.32 bits per heavy atom. The molecule has 0 aliphatic heterocycles. The van der Waals surface area contributed by atoms with Crippen LogP contribution in [0.5, 0.6) is 0 Å². The molecule has 1 amide bonds. The molecule has 1 fully saturated rings. The van der Waals surface area contributed by atoms with E-state index in [1.807, 2.05) is 20.8 Å². The Bertz CT molecular complexity index is 301. The van der Waals surface area contributed by atoms with Crippen molar-refractivity contribution in [2.24, 2.45) is 5.92 Å². The number of hydrogen-bond donors (Lipinski definition) is 1. The van der Waals surface area contributed by atoms with Crippen LogP contribution in [0.15, 0.2) is 0 Å². The molecule has 0 bridgehead atoms. The van der Waals surface area contributed by atoms with Crippen LogP contribution in [0.3, 0.4) is 0 Å². The van der Waals surface area contributed by atoms with Crippen LogP contribution in [0, 0.1) is 5.92 Å². The van der Waals surface area contributed by atoms with E-state index in [9.17, 15) is 9.59 Å². The minimum absolute atomic E-state index is 0.0450. The molecule has 0 aromatic heterocycles. The summed E-state index contributed by atoms with van der Waals surface area (Å²) in [5.41, 5.74) is -0.477. The average Bonchev–Trinajstić information content (AvgIpc) is 2.33. The van der Waals surface area contributed by atoms with E-state index in [2.05, 4.69) is 5.32 Å². The highest BCUT2D eigenvalue weighted by Gasteiger charge is 2.18. The molecule has 0 heterocycles. The smallest absolute Gasteiger partial charge is 0.306 e. The Labute approximate surface area is 116 Å². The number of ether oxygens (including phenoxy) is 1. The third-order valence-electron chi connectivity index (χ3n) is 3.29. The van der Waals surface area contributed by atoms with Crippen molar-refractivity contribution in [3.05, 3.63) is 0 Å². The first-order valence-corrected chi connectivity index (χ1v) is 7.35. The first-order valence-electron chi connectivity index (χ1n) is 7.35. The van der Waals surface area contributed by atoms with Crippen molar-refractivity contribution in [3.63, 3.8) is 0 Å². The maximum absolute atomic E-state index is 11.6. The molecule has 1 saturated carbocycles. The topological polar surface area (TPSA) is 55.4 Å². The van der Waals surface area contributed by atoms with Crippen LogP contribution in [0.1, 0.15) is 65.7 Å². The zero-order valence-corrected chi connectivity index (χ0v) is 12.5. The lowest BCUT2D eigenvalue weighted by atomic mass is 9.89. The van der Waals surface area contributed by atoms with E-state index in [-0.39, 0.29) is 24.7 Å². The number of amides is 1. The molecule has 0 unspecified atom stereocenters. The molecule has 19 heavy (non-hydrogen) atoms. The summed E-state index contributed by atoms with van der Waals surface area (Å²) in [4.78, 5) is 23.1. The van der Waals surface area contributed by atoms with Gasteiger partial charge in [0.1, 0.15) is 5.60 Å². The summed E-state index contributed by atoms with van der Waals surface area (Å²) >= 11 is 0. The summed E-state index contributed by atoms with van der Waals surface area (Å²) in [5, 5.41) is 2.92. The third kappa shape index (κ3) is 7.85. The molecule has 4 heteroatoms. The molecule has 0 aromatic rings. The van der Waals surface area contributed by atoms with Gasteiger partial charge in [-0.2, -0.15) is 0 Å². The van der Waals surface area contributed by atoms with Crippen molar-refractivity contribution in [2.45, 2.75) is 71.3 Å². The lowest BCUT2D eigenvalue weighted by Gasteiger charge is -2.22. The van der Waals surface area contributed by atoms with Gasteiger partial charge in [0.15, 0.2) is 0 Å². The zero-order chi connectivity index (χ0) is 14.3. The Hall–Kier alpha value is -1.06. The lowest BCUT2D eigenvalue weighted by Crippen LogP contribution is -2.31. The van der Waals surface area contributed by atoms with E-state index in [1.165, 1.54) is 32.1 Å². The molecule has 0 atom stereocenters. The molecule has 0 spiro atoms. The number of nitrogens with one attached hydrogen (secondary N) is 1. The van der Waals surface area contributed by atoms with Gasteiger partial charge in [0.2, 0.25) is 5.91 Å². The maximum Gasteiger partial charge on any atom is 0.306 e. The molecule has 1 rings (SSSR count). The number of rotatable bonds is 5. The van der Waals surface area contributed by atoms with Crippen LogP contribution in [0.4, 0.5) is 0 Å². The van der Waals surface area contributed by atoms with E-state index in [4.69, 9.17) is 4.74 Å². The Kier molecular flexibility index (Phi) is 6.32. The normalized spacial score (nSPS) is 17.0. The molecule has 1 aliphatic carbocycles. The van der Waals surface area contributed by atoms with Crippen molar-refractivity contribution in [1.82, 2.24) is 5.32 Å². The van der Waals surface area contributed by atoms with Gasteiger partial charge >= 0.3 is 5.97 Å². The van der Waals surface area contributed by atoms with E-state index >= 15 is 0 Å². The van der Waals surface area contributed by atoms with Gasteiger partial charge in [-0.25, -0.2) is 0 Å². The van der Waals surface area contributed by atoms with Gasteiger partial charge in [-0.05, 0) is 39.5 Å². The number of esters is 1. The van der Waals surface area contributed by atoms with E-state index < -0.39 is 5.60 Å². The monoisotopic (exact) mass is 269 g/mol. The second-order valence-corrected chi connectivity index (χ2v) is 6.39. The summed E-state index contributed by atoms with van der Waals surface area (Å²) in [7, 11) is 0. The lowest BCUT2D eigenvalue weighted by molar-refractivity contribution is -0.155. The highest BCUT2D eigenvalue weighted by Crippen LogP contribution is 2.22. The molecule has 0 aromatic carbocycles. The predicted molar refractivity (Wildman–Crippen MR) is 74.7 cm³/mol. The van der Waals surface area contributed by atoms with Gasteiger partial charge in [-0.3, -0.25) is 9.59 Å². The molecule has 1 aliphatic rings. The van der Waals surface area contributed by atoms with Gasteiger partial charge in [-0.15, -0.1) is 0 Å². The van der Waals surface area contributed by atoms with Crippen LogP contribution in [0.2, 0.25) is 0 Å². The summed E-state index contributed by atoms with van der Waals surface area (Å²) in [6.07, 6.45) is 6.69. The standard InChI is InChI=1S/C15H27NO3/c1-15(2,3)19-14(18)10-9-13(17)16-11-12-7-5-4-6-8-12/h12H,4-11H2,1-3H3,(H,16,17). The summed E-state index contributed by atoms with van der Waals surface area (Å²) < 4.78 is 5.16. The minimum Gasteiger partial charge on any atom is -0.460 e. The van der Waals surface area contributed by atoms with Crippen LogP contribution >= 0.6 is 0 Å². The third-order valence-corrected chi connectivity index (χ3v) is 3.29. The second-order valence-electron chi connectivity index (χ2n) is 6.39. The van der Waals surface area contributed by atoms with Crippen LogP contribution in [0.25, 0.3) is 0 Å². The second kappa shape index (κ2) is 7.51. The van der Waals surface area contributed by atoms with Gasteiger partial charge in [-0.1, -0.05) is 19.3 Å². The van der Waals surface area contributed by atoms with Crippen LogP contribution < -0.4 is 5.32 Å². The summed E-state index contributed by atoms with van der Waals surface area (Å²) in [6.45, 7) is 6.24. The van der Waals surface area contributed by atoms with E-state index in [0.717, 1.165) is 6.54 Å². The molecular formula is C15H27NO3. The maximum atomic E-state index is 11.6. The first kappa shape index (κ1) is 16.0. The van der Waals surface area contributed by atoms with Gasteiger partial charge in [0.25, 0.3) is 0 Å². The van der Waals surface area contributed by atoms with Crippen LogP contribution in [-0.4, -0.2) is 24.0 Å². The van der Waals surface area contributed by atoms with Gasteiger partial charge in [0.05, 0.1) is 6.42 Å². The summed E-state index contributed by atoms with van der Waals surface area (Å²) in [6, 6.07) is 0. The van der Waals surface area contributed by atoms with Gasteiger partial charge in [0, 0.05) is 13.0 Å². The quantitative estimate of drug-likeness (QED) is 0.781. The van der Waals surface area contributed by atoms with Gasteiger partial charge < -0.3 is 10.1 Å². The fourth-order valence-corrected chi connectivity index (χ4v) is 2.35. The molecule has 4 nitrogen and oxygen atoms in total. The fraction of sp³-hybridized carbons (Fsp3) is 0.867. The predicted octanol–water partition coefficient (Wildman–Crippen LogP) is 2.80. The molecule has 0 saturated heterocycles. The van der Waals surface area contributed by atoms with Crippen molar-refractivity contribution in [3.8, 4) is 0 Å². The molecule has 110 valence electrons. The Morgan fingerprint density at radius 1 is 1.11 bits per heavy atom. The highest BCUT2D eigenvalue weighted by molar-refractivity contribution is 5.81.